The van der Waals surface area contributed by atoms with E-state index < -0.39 is 0 Å². The second kappa shape index (κ2) is 7.82. The second-order valence-electron chi connectivity index (χ2n) is 4.30. The van der Waals surface area contributed by atoms with E-state index in [1.165, 1.54) is 38.6 Å². The minimum atomic E-state index is 0.713. The lowest BCUT2D eigenvalue weighted by molar-refractivity contribution is 0.474. The Bertz CT molecular complexity index is 166. The number of unbranched alkanes of at least 4 members (excludes halogenated alkanes) is 2. The van der Waals surface area contributed by atoms with E-state index in [0.29, 0.717) is 6.42 Å². The van der Waals surface area contributed by atoms with E-state index in [0.717, 1.165) is 25.3 Å². The van der Waals surface area contributed by atoms with Crippen LogP contribution < -0.4 is 5.32 Å². The van der Waals surface area contributed by atoms with Crippen LogP contribution in [-0.2, 0) is 0 Å². The highest BCUT2D eigenvalue weighted by Gasteiger charge is 2.13. The van der Waals surface area contributed by atoms with Gasteiger partial charge in [-0.2, -0.15) is 5.26 Å². The van der Waals surface area contributed by atoms with Crippen LogP contribution in [0, 0.1) is 17.2 Å². The molecule has 0 atom stereocenters. The fourth-order valence-electron chi connectivity index (χ4n) is 2.18. The molecule has 0 amide bonds. The van der Waals surface area contributed by atoms with Gasteiger partial charge in [-0.05, 0) is 38.3 Å². The molecule has 1 aliphatic carbocycles. The van der Waals surface area contributed by atoms with E-state index >= 15 is 0 Å². The van der Waals surface area contributed by atoms with Gasteiger partial charge in [0.2, 0.25) is 0 Å². The highest BCUT2D eigenvalue weighted by atomic mass is 14.8. The Morgan fingerprint density at radius 1 is 1.14 bits per heavy atom. The van der Waals surface area contributed by atoms with E-state index in [4.69, 9.17) is 5.26 Å². The first-order chi connectivity index (χ1) is 6.93. The molecule has 0 aromatic rings. The van der Waals surface area contributed by atoms with Crippen LogP contribution in [0.3, 0.4) is 0 Å². The average molecular weight is 194 g/mol. The lowest BCUT2D eigenvalue weighted by atomic mass is 10.0. The molecule has 2 heteroatoms. The molecule has 1 N–H and O–H groups in total. The summed E-state index contributed by atoms with van der Waals surface area (Å²) in [6, 6.07) is 2.18. The van der Waals surface area contributed by atoms with Crippen molar-refractivity contribution in [3.05, 3.63) is 0 Å². The fourth-order valence-corrected chi connectivity index (χ4v) is 2.18. The van der Waals surface area contributed by atoms with Crippen LogP contribution in [0.5, 0.6) is 0 Å². The number of rotatable bonds is 7. The number of hydrogen-bond donors (Lipinski definition) is 1. The molecule has 0 aliphatic heterocycles. The molecule has 1 aliphatic rings. The maximum atomic E-state index is 8.34. The van der Waals surface area contributed by atoms with Crippen LogP contribution >= 0.6 is 0 Å². The van der Waals surface area contributed by atoms with E-state index in [-0.39, 0.29) is 0 Å². The Kier molecular flexibility index (Phi) is 6.43. The minimum absolute atomic E-state index is 0.713. The Hall–Kier alpha value is -0.550. The van der Waals surface area contributed by atoms with Gasteiger partial charge >= 0.3 is 0 Å². The molecule has 0 heterocycles. The van der Waals surface area contributed by atoms with E-state index in [1.807, 2.05) is 0 Å². The molecule has 0 aromatic heterocycles. The van der Waals surface area contributed by atoms with E-state index in [1.54, 1.807) is 0 Å². The third-order valence-electron chi connectivity index (χ3n) is 3.10. The third-order valence-corrected chi connectivity index (χ3v) is 3.10. The smallest absolute Gasteiger partial charge is 0.0621 e. The van der Waals surface area contributed by atoms with Gasteiger partial charge in [0, 0.05) is 6.42 Å². The molecule has 1 rings (SSSR count). The summed E-state index contributed by atoms with van der Waals surface area (Å²) in [5.74, 6) is 1.00. The van der Waals surface area contributed by atoms with Crippen LogP contribution in [-0.4, -0.2) is 13.1 Å². The highest BCUT2D eigenvalue weighted by Crippen LogP contribution is 2.26. The normalized spacial score (nSPS) is 17.1. The molecule has 0 aromatic carbocycles. The first-order valence-corrected chi connectivity index (χ1v) is 6.01. The number of nitriles is 1. The van der Waals surface area contributed by atoms with Crippen molar-refractivity contribution < 1.29 is 0 Å². The molecule has 0 saturated heterocycles. The van der Waals surface area contributed by atoms with Crippen molar-refractivity contribution in [2.75, 3.05) is 13.1 Å². The Morgan fingerprint density at radius 2 is 1.93 bits per heavy atom. The molecule has 0 unspecified atom stereocenters. The zero-order chi connectivity index (χ0) is 10.1. The number of nitrogens with zero attached hydrogens (tertiary/aromatic N) is 1. The van der Waals surface area contributed by atoms with Gasteiger partial charge in [0.05, 0.1) is 6.07 Å². The fraction of sp³-hybridized carbons (Fsp3) is 0.917. The zero-order valence-electron chi connectivity index (χ0n) is 9.10. The van der Waals surface area contributed by atoms with Gasteiger partial charge in [-0.25, -0.2) is 0 Å². The van der Waals surface area contributed by atoms with Crippen LogP contribution in [0.4, 0.5) is 0 Å². The summed E-state index contributed by atoms with van der Waals surface area (Å²) in [5, 5.41) is 11.8. The molecular weight excluding hydrogens is 172 g/mol. The topological polar surface area (TPSA) is 35.8 Å². The lowest BCUT2D eigenvalue weighted by Crippen LogP contribution is -2.18. The van der Waals surface area contributed by atoms with Crippen LogP contribution in [0.25, 0.3) is 0 Å². The Balaban J connectivity index is 1.78. The van der Waals surface area contributed by atoms with Gasteiger partial charge in [0.15, 0.2) is 0 Å². The molecule has 1 saturated carbocycles. The van der Waals surface area contributed by atoms with Crippen LogP contribution in [0.2, 0.25) is 0 Å². The summed E-state index contributed by atoms with van der Waals surface area (Å²) in [7, 11) is 0. The van der Waals surface area contributed by atoms with Crippen molar-refractivity contribution in [3.8, 4) is 6.07 Å². The molecule has 1 fully saturated rings. The first-order valence-electron chi connectivity index (χ1n) is 6.01. The maximum Gasteiger partial charge on any atom is 0.0621 e. The summed E-state index contributed by atoms with van der Waals surface area (Å²) in [4.78, 5) is 0. The molecule has 0 spiro atoms. The van der Waals surface area contributed by atoms with E-state index in [9.17, 15) is 0 Å². The highest BCUT2D eigenvalue weighted by molar-refractivity contribution is 4.69. The van der Waals surface area contributed by atoms with Crippen molar-refractivity contribution in [1.29, 1.82) is 5.26 Å². The summed E-state index contributed by atoms with van der Waals surface area (Å²) in [5.41, 5.74) is 0. The largest absolute Gasteiger partial charge is 0.317 e. The van der Waals surface area contributed by atoms with Gasteiger partial charge < -0.3 is 5.32 Å². The first kappa shape index (κ1) is 11.5. The number of hydrogen-bond acceptors (Lipinski definition) is 2. The van der Waals surface area contributed by atoms with Crippen molar-refractivity contribution in [3.63, 3.8) is 0 Å². The third kappa shape index (κ3) is 5.24. The molecule has 14 heavy (non-hydrogen) atoms. The predicted molar refractivity (Wildman–Crippen MR) is 58.9 cm³/mol. The lowest BCUT2D eigenvalue weighted by Gasteiger charge is -2.09. The quantitative estimate of drug-likeness (QED) is 0.633. The summed E-state index contributed by atoms with van der Waals surface area (Å²) in [6.45, 7) is 2.27. The summed E-state index contributed by atoms with van der Waals surface area (Å²) < 4.78 is 0. The van der Waals surface area contributed by atoms with Gasteiger partial charge in [-0.3, -0.25) is 0 Å². The average Bonchev–Trinajstić information content (AvgIpc) is 2.69. The summed E-state index contributed by atoms with van der Waals surface area (Å²) in [6.07, 6.45) is 10.1. The van der Waals surface area contributed by atoms with Gasteiger partial charge in [0.25, 0.3) is 0 Å². The molecule has 2 nitrogen and oxygen atoms in total. The summed E-state index contributed by atoms with van der Waals surface area (Å²) >= 11 is 0. The van der Waals surface area contributed by atoms with Crippen molar-refractivity contribution in [2.45, 2.75) is 51.4 Å². The minimum Gasteiger partial charge on any atom is -0.317 e. The van der Waals surface area contributed by atoms with E-state index in [2.05, 4.69) is 11.4 Å². The maximum absolute atomic E-state index is 8.34. The van der Waals surface area contributed by atoms with Crippen LogP contribution in [0.15, 0.2) is 0 Å². The SMILES string of the molecule is N#CCCCCNCCC1CCCC1. The zero-order valence-corrected chi connectivity index (χ0v) is 9.10. The van der Waals surface area contributed by atoms with Crippen molar-refractivity contribution in [2.24, 2.45) is 5.92 Å². The van der Waals surface area contributed by atoms with Crippen LogP contribution in [0.1, 0.15) is 51.4 Å². The molecule has 0 radical (unpaired) electrons. The van der Waals surface area contributed by atoms with Crippen molar-refractivity contribution >= 4 is 0 Å². The molecule has 80 valence electrons. The monoisotopic (exact) mass is 194 g/mol. The van der Waals surface area contributed by atoms with Gasteiger partial charge in [-0.1, -0.05) is 25.7 Å². The van der Waals surface area contributed by atoms with Gasteiger partial charge in [0.1, 0.15) is 0 Å². The predicted octanol–water partition coefficient (Wildman–Crippen LogP) is 2.85. The van der Waals surface area contributed by atoms with Gasteiger partial charge in [-0.15, -0.1) is 0 Å². The Morgan fingerprint density at radius 3 is 2.64 bits per heavy atom. The number of nitrogens with one attached hydrogen (secondary N) is 1. The Labute approximate surface area is 87.7 Å². The van der Waals surface area contributed by atoms with Crippen molar-refractivity contribution in [1.82, 2.24) is 5.32 Å². The molecular formula is C12H22N2. The second-order valence-corrected chi connectivity index (χ2v) is 4.30. The molecule has 0 bridgehead atoms. The standard InChI is InChI=1S/C12H22N2/c13-9-4-1-5-10-14-11-8-12-6-2-3-7-12/h12,14H,1-8,10-11H2.